The molecule has 9 fully saturated rings. The molecule has 15 nitrogen and oxygen atoms in total. The maximum Gasteiger partial charge on any atom is 0.338 e. The number of aliphatic hydroxyl groups is 1. The van der Waals surface area contributed by atoms with Gasteiger partial charge in [0.25, 0.3) is 0 Å². The summed E-state index contributed by atoms with van der Waals surface area (Å²) in [6, 6.07) is 18.0. The van der Waals surface area contributed by atoms with Gasteiger partial charge < -0.3 is 61.9 Å². The molecule has 0 radical (unpaired) electrons. The monoisotopic (exact) mass is 1100 g/mol. The summed E-state index contributed by atoms with van der Waals surface area (Å²) in [5, 5.41) is 16.2. The smallest absolute Gasteiger partial charge is 0.338 e. The van der Waals surface area contributed by atoms with Gasteiger partial charge in [-0.15, -0.1) is 0 Å². The van der Waals surface area contributed by atoms with Crippen LogP contribution >= 0.6 is 0 Å². The molecular formula is C65H80O15. The summed E-state index contributed by atoms with van der Waals surface area (Å²) in [7, 11) is 0. The van der Waals surface area contributed by atoms with Crippen LogP contribution in [-0.2, 0) is 61.6 Å². The van der Waals surface area contributed by atoms with Gasteiger partial charge in [-0.2, -0.15) is 0 Å². The molecule has 1 N–H and O–H groups in total. The Morgan fingerprint density at radius 2 is 1.43 bits per heavy atom. The van der Waals surface area contributed by atoms with Gasteiger partial charge in [-0.25, -0.2) is 9.59 Å². The Labute approximate surface area is 469 Å². The lowest BCUT2D eigenvalue weighted by molar-refractivity contribution is -0.356. The van der Waals surface area contributed by atoms with E-state index in [2.05, 4.69) is 77.6 Å². The van der Waals surface area contributed by atoms with Gasteiger partial charge in [-0.3, -0.25) is 0 Å². The number of hydrogen-bond acceptors (Lipinski definition) is 15. The van der Waals surface area contributed by atoms with Crippen molar-refractivity contribution in [2.75, 3.05) is 6.61 Å². The molecule has 430 valence electrons. The molecule has 15 heteroatoms. The molecular weight excluding hydrogens is 1020 g/mol. The van der Waals surface area contributed by atoms with Crippen molar-refractivity contribution in [1.82, 2.24) is 0 Å². The minimum atomic E-state index is -0.960. The predicted molar refractivity (Wildman–Crippen MR) is 294 cm³/mol. The number of ether oxygens (including phenoxy) is 12. The van der Waals surface area contributed by atoms with Crippen molar-refractivity contribution in [3.05, 3.63) is 96.1 Å². The Kier molecular flexibility index (Phi) is 13.3. The van der Waals surface area contributed by atoms with Crippen LogP contribution in [0.3, 0.4) is 0 Å². The van der Waals surface area contributed by atoms with Crippen molar-refractivity contribution >= 4 is 33.5 Å². The first-order valence-corrected chi connectivity index (χ1v) is 29.9. The van der Waals surface area contributed by atoms with E-state index in [9.17, 15) is 14.7 Å². The Hall–Kier alpha value is -4.10. The number of fused-ring (bicyclic) bond motifs is 12. The molecule has 23 atom stereocenters. The Bertz CT molecular complexity index is 3010. The van der Waals surface area contributed by atoms with E-state index in [1.54, 1.807) is 12.1 Å². The Morgan fingerprint density at radius 3 is 2.25 bits per heavy atom. The van der Waals surface area contributed by atoms with Gasteiger partial charge in [-0.1, -0.05) is 56.0 Å². The lowest BCUT2D eigenvalue weighted by Gasteiger charge is -2.60. The van der Waals surface area contributed by atoms with Crippen molar-refractivity contribution in [3.63, 3.8) is 0 Å². The maximum absolute atomic E-state index is 13.3. The standard InChI is InChI=1S/C65H80O15/c1-34(33-69-60(68)40-16-15-39-23-37-12-9-10-13-38(37)24-41(39)25-40)20-42-26-51(66)65(8)55(70-42)28-47-48(77-65)27-46-43(71-47)14-11-18-61(4)56(74-46)32-64(7)54(78-61)30-53-62(5,80-64)19-17-44-58(76-53)35(2)21-45-50(72-44)31-63(6)52(73-45)29-49-59(79-63)36(3)22-57(67)75-49/h9-16,22-25,35,42-56,58-59,66H,1,17-21,26-33H2,2-8H3/b14-11-. The Morgan fingerprint density at radius 1 is 0.675 bits per heavy atom. The number of esters is 2. The zero-order valence-corrected chi connectivity index (χ0v) is 47.4. The molecule has 0 aromatic heterocycles. The van der Waals surface area contributed by atoms with Gasteiger partial charge in [-0.05, 0) is 137 Å². The number of carbonyl (C=O) groups is 2. The molecule has 11 aliphatic heterocycles. The average molecular weight is 1100 g/mol. The van der Waals surface area contributed by atoms with E-state index in [0.29, 0.717) is 68.9 Å². The van der Waals surface area contributed by atoms with Gasteiger partial charge in [0.2, 0.25) is 0 Å². The second-order valence-electron chi connectivity index (χ2n) is 27.0. The van der Waals surface area contributed by atoms with Crippen LogP contribution in [0.25, 0.3) is 21.5 Å². The zero-order valence-electron chi connectivity index (χ0n) is 47.4. The van der Waals surface area contributed by atoms with E-state index >= 15 is 0 Å². The minimum Gasteiger partial charge on any atom is -0.458 e. The average Bonchev–Trinajstić information content (AvgIpc) is 3.74. The first-order valence-electron chi connectivity index (χ1n) is 29.9. The van der Waals surface area contributed by atoms with E-state index in [1.165, 1.54) is 0 Å². The number of rotatable bonds is 5. The van der Waals surface area contributed by atoms with Gasteiger partial charge >= 0.3 is 11.9 Å². The lowest BCUT2D eigenvalue weighted by Crippen LogP contribution is -2.70. The van der Waals surface area contributed by atoms with Crippen LogP contribution in [0.5, 0.6) is 0 Å². The maximum atomic E-state index is 13.3. The fourth-order valence-corrected chi connectivity index (χ4v) is 16.3. The van der Waals surface area contributed by atoms with Gasteiger partial charge in [0.1, 0.15) is 30.5 Å². The fraction of sp³-hybridized carbons (Fsp3) is 0.662. The van der Waals surface area contributed by atoms with Crippen LogP contribution in [0.2, 0.25) is 0 Å². The fourth-order valence-electron chi connectivity index (χ4n) is 16.3. The normalized spacial score (nSPS) is 48.0. The topological polar surface area (TPSA) is 165 Å². The van der Waals surface area contributed by atoms with E-state index in [-0.39, 0.29) is 110 Å². The minimum absolute atomic E-state index is 0.0466. The van der Waals surface area contributed by atoms with E-state index in [4.69, 9.17) is 56.8 Å². The summed E-state index contributed by atoms with van der Waals surface area (Å²) >= 11 is 0. The van der Waals surface area contributed by atoms with E-state index in [1.807, 2.05) is 38.1 Å². The molecule has 3 aromatic rings. The highest BCUT2D eigenvalue weighted by atomic mass is 16.7. The molecule has 80 heavy (non-hydrogen) atoms. The second kappa shape index (κ2) is 19.8. The molecule has 0 amide bonds. The number of aliphatic hydroxyl groups excluding tert-OH is 1. The molecule has 0 spiro atoms. The highest BCUT2D eigenvalue weighted by Crippen LogP contribution is 2.55. The van der Waals surface area contributed by atoms with Crippen molar-refractivity contribution in [1.29, 1.82) is 0 Å². The third kappa shape index (κ3) is 9.35. The number of benzene rings is 3. The van der Waals surface area contributed by atoms with Gasteiger partial charge in [0, 0.05) is 51.0 Å². The van der Waals surface area contributed by atoms with Crippen molar-refractivity contribution in [2.45, 2.75) is 257 Å². The van der Waals surface area contributed by atoms with Crippen molar-refractivity contribution in [3.8, 4) is 0 Å². The first-order chi connectivity index (χ1) is 38.2. The molecule has 0 aliphatic carbocycles. The largest absolute Gasteiger partial charge is 0.458 e. The van der Waals surface area contributed by atoms with Crippen LogP contribution in [-0.4, -0.2) is 155 Å². The number of carbonyl (C=O) groups excluding carboxylic acids is 2. The van der Waals surface area contributed by atoms with Crippen LogP contribution in [0.15, 0.2) is 90.6 Å². The highest BCUT2D eigenvalue weighted by molar-refractivity contribution is 6.01. The van der Waals surface area contributed by atoms with Gasteiger partial charge in [0.05, 0.1) is 113 Å². The highest BCUT2D eigenvalue weighted by Gasteiger charge is 2.64. The number of hydrogen-bond donors (Lipinski definition) is 1. The summed E-state index contributed by atoms with van der Waals surface area (Å²) in [5.41, 5.74) is -1.35. The molecule has 0 bridgehead atoms. The van der Waals surface area contributed by atoms with E-state index in [0.717, 1.165) is 46.4 Å². The quantitative estimate of drug-likeness (QED) is 0.146. The molecule has 23 unspecified atom stereocenters. The Balaban J connectivity index is 0.605. The lowest BCUT2D eigenvalue weighted by atomic mass is 9.72. The summed E-state index contributed by atoms with van der Waals surface area (Å²) in [6.45, 7) is 19.2. The molecule has 0 saturated carbocycles. The summed E-state index contributed by atoms with van der Waals surface area (Å²) in [4.78, 5) is 25.6. The molecule has 14 rings (SSSR count). The van der Waals surface area contributed by atoms with Crippen molar-refractivity contribution in [2.24, 2.45) is 5.92 Å². The molecule has 11 aliphatic rings. The third-order valence-corrected chi connectivity index (χ3v) is 21.0. The summed E-state index contributed by atoms with van der Waals surface area (Å²) < 4.78 is 82.3. The van der Waals surface area contributed by atoms with E-state index < -0.39 is 46.2 Å². The third-order valence-electron chi connectivity index (χ3n) is 21.0. The molecule has 11 heterocycles. The second-order valence-corrected chi connectivity index (χ2v) is 27.0. The van der Waals surface area contributed by atoms with Crippen LogP contribution in [0.4, 0.5) is 0 Å². The molecule has 9 saturated heterocycles. The van der Waals surface area contributed by atoms with Crippen LogP contribution < -0.4 is 0 Å². The summed E-state index contributed by atoms with van der Waals surface area (Å²) in [6.07, 6.45) is 8.37. The zero-order chi connectivity index (χ0) is 55.3. The van der Waals surface area contributed by atoms with Crippen LogP contribution in [0, 0.1) is 5.92 Å². The summed E-state index contributed by atoms with van der Waals surface area (Å²) in [5.74, 6) is -0.573. The van der Waals surface area contributed by atoms with Crippen molar-refractivity contribution < 1.29 is 71.5 Å². The molecule has 3 aromatic carbocycles. The SMILES string of the molecule is C=C(COC(=O)c1ccc2cc3ccccc3cc2c1)CC1CC(O)C2(C)OC3CC4OC5CC6(C)OC7(C)CCC8OC9CC%10(C)OC%11C(C)=CC(=O)OC%11CC%10OC9CC(C)C8OC7CC6OC5(C)C/C=C\C4OC3CC2O1. The van der Waals surface area contributed by atoms with Gasteiger partial charge in [0.15, 0.2) is 0 Å². The first kappa shape index (κ1) is 53.9. The predicted octanol–water partition coefficient (Wildman–Crippen LogP) is 9.44. The van der Waals surface area contributed by atoms with Crippen LogP contribution in [0.1, 0.15) is 136 Å².